The van der Waals surface area contributed by atoms with Crippen LogP contribution in [0.25, 0.3) is 11.0 Å². The molecule has 118 valence electrons. The first-order chi connectivity index (χ1) is 10.7. The van der Waals surface area contributed by atoms with E-state index in [1.807, 2.05) is 33.9 Å². The zero-order valence-electron chi connectivity index (χ0n) is 14.1. The largest absolute Gasteiger partial charge is 0.303 e. The minimum atomic E-state index is 0.688. The highest BCUT2D eigenvalue weighted by atomic mass is 15.3. The average Bonchev–Trinajstić information content (AvgIpc) is 3.15. The lowest BCUT2D eigenvalue weighted by atomic mass is 10.1. The summed E-state index contributed by atoms with van der Waals surface area (Å²) >= 11 is 0. The van der Waals surface area contributed by atoms with E-state index in [9.17, 15) is 5.26 Å². The molecule has 1 saturated heterocycles. The summed E-state index contributed by atoms with van der Waals surface area (Å²) in [6.45, 7) is 9.29. The van der Waals surface area contributed by atoms with Gasteiger partial charge in [-0.2, -0.15) is 10.4 Å². The number of nitrogens with zero attached hydrogens (tertiary/aromatic N) is 5. The standard InChI is InChI=1S/C15H19N5.C2H6/c1-11-13-9-12(10-16)14(17-15(13)19(2)18-11)5-8-20-6-3-4-7-20;1-2/h9H,3-8H2,1-2H3;1-2H3. The first kappa shape index (κ1) is 16.4. The maximum absolute atomic E-state index is 9.34. The normalized spacial score (nSPS) is 14.7. The smallest absolute Gasteiger partial charge is 0.158 e. The highest BCUT2D eigenvalue weighted by Gasteiger charge is 2.15. The van der Waals surface area contributed by atoms with Crippen LogP contribution in [0.1, 0.15) is 43.6 Å². The number of aryl methyl sites for hydroxylation is 2. The maximum Gasteiger partial charge on any atom is 0.158 e. The number of likely N-dealkylation sites (tertiary alicyclic amines) is 1. The number of nitriles is 1. The molecule has 1 fully saturated rings. The van der Waals surface area contributed by atoms with Crippen LogP contribution in [0.3, 0.4) is 0 Å². The number of hydrogen-bond acceptors (Lipinski definition) is 4. The third kappa shape index (κ3) is 3.28. The lowest BCUT2D eigenvalue weighted by Gasteiger charge is -2.14. The summed E-state index contributed by atoms with van der Waals surface area (Å²) in [4.78, 5) is 7.12. The Kier molecular flexibility index (Phi) is 5.51. The monoisotopic (exact) mass is 299 g/mol. The van der Waals surface area contributed by atoms with E-state index in [-0.39, 0.29) is 0 Å². The molecule has 0 aromatic carbocycles. The molecule has 22 heavy (non-hydrogen) atoms. The Labute approximate surface area is 132 Å². The van der Waals surface area contributed by atoms with Crippen LogP contribution in [0, 0.1) is 18.3 Å². The van der Waals surface area contributed by atoms with Gasteiger partial charge in [-0.25, -0.2) is 4.98 Å². The number of fused-ring (bicyclic) bond motifs is 1. The Morgan fingerprint density at radius 2 is 1.95 bits per heavy atom. The van der Waals surface area contributed by atoms with Crippen molar-refractivity contribution < 1.29 is 0 Å². The van der Waals surface area contributed by atoms with Gasteiger partial charge < -0.3 is 4.90 Å². The molecule has 0 radical (unpaired) electrons. The summed E-state index contributed by atoms with van der Waals surface area (Å²) < 4.78 is 1.80. The van der Waals surface area contributed by atoms with Crippen molar-refractivity contribution in [3.8, 4) is 6.07 Å². The lowest BCUT2D eigenvalue weighted by Crippen LogP contribution is -2.22. The fourth-order valence-electron chi connectivity index (χ4n) is 2.94. The second-order valence-corrected chi connectivity index (χ2v) is 5.47. The molecule has 0 saturated carbocycles. The van der Waals surface area contributed by atoms with E-state index < -0.39 is 0 Å². The highest BCUT2D eigenvalue weighted by molar-refractivity contribution is 5.80. The van der Waals surface area contributed by atoms with Gasteiger partial charge in [0.05, 0.1) is 17.0 Å². The second-order valence-electron chi connectivity index (χ2n) is 5.47. The second kappa shape index (κ2) is 7.37. The maximum atomic E-state index is 9.34. The Bertz CT molecular complexity index is 674. The summed E-state index contributed by atoms with van der Waals surface area (Å²) in [5.74, 6) is 0. The molecule has 0 aliphatic carbocycles. The Hall–Kier alpha value is -1.93. The first-order valence-electron chi connectivity index (χ1n) is 8.14. The molecule has 5 nitrogen and oxygen atoms in total. The molecule has 0 unspecified atom stereocenters. The summed E-state index contributed by atoms with van der Waals surface area (Å²) in [7, 11) is 1.90. The molecule has 3 heterocycles. The van der Waals surface area contributed by atoms with Crippen LogP contribution >= 0.6 is 0 Å². The van der Waals surface area contributed by atoms with Gasteiger partial charge >= 0.3 is 0 Å². The minimum Gasteiger partial charge on any atom is -0.303 e. The van der Waals surface area contributed by atoms with Crippen LogP contribution in [-0.2, 0) is 13.5 Å². The molecule has 0 bridgehead atoms. The molecule has 5 heteroatoms. The van der Waals surface area contributed by atoms with Gasteiger partial charge in [0.1, 0.15) is 6.07 Å². The van der Waals surface area contributed by atoms with Crippen molar-refractivity contribution in [1.29, 1.82) is 5.26 Å². The van der Waals surface area contributed by atoms with Crippen LogP contribution in [0.5, 0.6) is 0 Å². The van der Waals surface area contributed by atoms with E-state index in [4.69, 9.17) is 0 Å². The molecular formula is C17H25N5. The topological polar surface area (TPSA) is 57.7 Å². The highest BCUT2D eigenvalue weighted by Crippen LogP contribution is 2.20. The Balaban J connectivity index is 0.000000847. The van der Waals surface area contributed by atoms with Crippen molar-refractivity contribution in [2.45, 2.75) is 40.0 Å². The third-order valence-electron chi connectivity index (χ3n) is 4.06. The third-order valence-corrected chi connectivity index (χ3v) is 4.06. The zero-order chi connectivity index (χ0) is 16.1. The quantitative estimate of drug-likeness (QED) is 0.874. The molecule has 0 N–H and O–H groups in total. The van der Waals surface area contributed by atoms with E-state index in [1.165, 1.54) is 25.9 Å². The van der Waals surface area contributed by atoms with Crippen molar-refractivity contribution in [2.75, 3.05) is 19.6 Å². The van der Waals surface area contributed by atoms with Crippen LogP contribution in [-0.4, -0.2) is 39.3 Å². The molecule has 0 spiro atoms. The number of hydrogen-bond donors (Lipinski definition) is 0. The summed E-state index contributed by atoms with van der Waals surface area (Å²) in [5, 5.41) is 14.7. The van der Waals surface area contributed by atoms with Crippen molar-refractivity contribution in [2.24, 2.45) is 7.05 Å². The molecule has 0 atom stereocenters. The number of pyridine rings is 1. The van der Waals surface area contributed by atoms with Gasteiger partial charge in [0.25, 0.3) is 0 Å². The summed E-state index contributed by atoms with van der Waals surface area (Å²) in [6.07, 6.45) is 3.42. The van der Waals surface area contributed by atoms with Gasteiger partial charge in [0.15, 0.2) is 5.65 Å². The average molecular weight is 299 g/mol. The molecule has 1 aliphatic heterocycles. The summed E-state index contributed by atoms with van der Waals surface area (Å²) in [5.41, 5.74) is 3.39. The van der Waals surface area contributed by atoms with Crippen molar-refractivity contribution >= 4 is 11.0 Å². The van der Waals surface area contributed by atoms with E-state index in [1.54, 1.807) is 4.68 Å². The van der Waals surface area contributed by atoms with Crippen LogP contribution in [0.2, 0.25) is 0 Å². The number of aromatic nitrogens is 3. The summed E-state index contributed by atoms with van der Waals surface area (Å²) in [6, 6.07) is 4.22. The van der Waals surface area contributed by atoms with Crippen molar-refractivity contribution in [3.05, 3.63) is 23.0 Å². The molecule has 2 aromatic heterocycles. The SMILES string of the molecule is CC.Cc1nn(C)c2nc(CCN3CCCC3)c(C#N)cc12. The predicted octanol–water partition coefficient (Wildman–Crippen LogP) is 2.81. The fraction of sp³-hybridized carbons (Fsp3) is 0.588. The van der Waals surface area contributed by atoms with Gasteiger partial charge in [0, 0.05) is 25.4 Å². The molecule has 3 rings (SSSR count). The Morgan fingerprint density at radius 1 is 1.27 bits per heavy atom. The predicted molar refractivity (Wildman–Crippen MR) is 88.7 cm³/mol. The van der Waals surface area contributed by atoms with Crippen LogP contribution in [0.15, 0.2) is 6.07 Å². The molecule has 1 aliphatic rings. The number of rotatable bonds is 3. The van der Waals surface area contributed by atoms with Gasteiger partial charge in [-0.15, -0.1) is 0 Å². The molecule has 2 aromatic rings. The van der Waals surface area contributed by atoms with E-state index in [2.05, 4.69) is 21.1 Å². The van der Waals surface area contributed by atoms with Crippen molar-refractivity contribution in [1.82, 2.24) is 19.7 Å². The molecule has 0 amide bonds. The van der Waals surface area contributed by atoms with E-state index in [0.717, 1.165) is 35.4 Å². The van der Waals surface area contributed by atoms with Gasteiger partial charge in [-0.3, -0.25) is 4.68 Å². The van der Waals surface area contributed by atoms with Crippen molar-refractivity contribution in [3.63, 3.8) is 0 Å². The lowest BCUT2D eigenvalue weighted by molar-refractivity contribution is 0.342. The zero-order valence-corrected chi connectivity index (χ0v) is 14.1. The van der Waals surface area contributed by atoms with Gasteiger partial charge in [-0.1, -0.05) is 13.8 Å². The van der Waals surface area contributed by atoms with Gasteiger partial charge in [-0.05, 0) is 38.9 Å². The van der Waals surface area contributed by atoms with E-state index in [0.29, 0.717) is 5.56 Å². The Morgan fingerprint density at radius 3 is 2.59 bits per heavy atom. The molecular weight excluding hydrogens is 274 g/mol. The first-order valence-corrected chi connectivity index (χ1v) is 8.14. The van der Waals surface area contributed by atoms with Gasteiger partial charge in [0.2, 0.25) is 0 Å². The minimum absolute atomic E-state index is 0.688. The van der Waals surface area contributed by atoms with Crippen LogP contribution < -0.4 is 0 Å². The van der Waals surface area contributed by atoms with Crippen LogP contribution in [0.4, 0.5) is 0 Å². The fourth-order valence-corrected chi connectivity index (χ4v) is 2.94. The van der Waals surface area contributed by atoms with E-state index >= 15 is 0 Å².